The molecule has 0 heterocycles. The summed E-state index contributed by atoms with van der Waals surface area (Å²) in [5.41, 5.74) is -0.912. The van der Waals surface area contributed by atoms with Crippen molar-refractivity contribution in [3.8, 4) is 6.07 Å². The molecule has 1 saturated carbocycles. The van der Waals surface area contributed by atoms with E-state index < -0.39 is 5.41 Å². The molecule has 0 unspecified atom stereocenters. The molecule has 0 radical (unpaired) electrons. The lowest BCUT2D eigenvalue weighted by Gasteiger charge is -2.29. The Morgan fingerprint density at radius 1 is 1.29 bits per heavy atom. The zero-order valence-corrected chi connectivity index (χ0v) is 10.5. The van der Waals surface area contributed by atoms with Gasteiger partial charge in [-0.25, -0.2) is 0 Å². The van der Waals surface area contributed by atoms with E-state index in [1.807, 2.05) is 0 Å². The molecule has 0 aromatic rings. The SMILES string of the molecule is CN(C)C(=O)CNC(=O)C1(C#N)CCCCC1. The molecular formula is C12H19N3O2. The fourth-order valence-electron chi connectivity index (χ4n) is 2.03. The van der Waals surface area contributed by atoms with Gasteiger partial charge in [0, 0.05) is 14.1 Å². The van der Waals surface area contributed by atoms with E-state index in [1.54, 1.807) is 14.1 Å². The van der Waals surface area contributed by atoms with Crippen LogP contribution in [0.1, 0.15) is 32.1 Å². The fourth-order valence-corrected chi connectivity index (χ4v) is 2.03. The summed E-state index contributed by atoms with van der Waals surface area (Å²) >= 11 is 0. The third-order valence-corrected chi connectivity index (χ3v) is 3.25. The minimum Gasteiger partial charge on any atom is -0.347 e. The first-order chi connectivity index (χ1) is 8.02. The van der Waals surface area contributed by atoms with E-state index in [-0.39, 0.29) is 18.4 Å². The first kappa shape index (κ1) is 13.5. The van der Waals surface area contributed by atoms with Crippen LogP contribution in [0, 0.1) is 16.7 Å². The number of carbonyl (C=O) groups is 2. The van der Waals surface area contributed by atoms with E-state index in [0.717, 1.165) is 19.3 Å². The Morgan fingerprint density at radius 2 is 1.88 bits per heavy atom. The van der Waals surface area contributed by atoms with Crippen molar-refractivity contribution in [1.29, 1.82) is 5.26 Å². The van der Waals surface area contributed by atoms with Gasteiger partial charge in [0.25, 0.3) is 0 Å². The lowest BCUT2D eigenvalue weighted by atomic mass is 9.74. The average Bonchev–Trinajstić information content (AvgIpc) is 2.36. The van der Waals surface area contributed by atoms with E-state index >= 15 is 0 Å². The van der Waals surface area contributed by atoms with Gasteiger partial charge < -0.3 is 10.2 Å². The van der Waals surface area contributed by atoms with Crippen molar-refractivity contribution in [2.75, 3.05) is 20.6 Å². The third kappa shape index (κ3) is 3.19. The molecule has 5 nitrogen and oxygen atoms in total. The molecule has 5 heteroatoms. The Morgan fingerprint density at radius 3 is 2.35 bits per heavy atom. The molecule has 0 spiro atoms. The van der Waals surface area contributed by atoms with Gasteiger partial charge in [-0.05, 0) is 12.8 Å². The number of hydrogen-bond acceptors (Lipinski definition) is 3. The van der Waals surface area contributed by atoms with Crippen LogP contribution >= 0.6 is 0 Å². The van der Waals surface area contributed by atoms with Gasteiger partial charge in [-0.3, -0.25) is 9.59 Å². The Bertz CT molecular complexity index is 338. The third-order valence-electron chi connectivity index (χ3n) is 3.25. The number of nitrogens with one attached hydrogen (secondary N) is 1. The summed E-state index contributed by atoms with van der Waals surface area (Å²) in [4.78, 5) is 24.7. The molecule has 1 rings (SSSR count). The summed E-state index contributed by atoms with van der Waals surface area (Å²) in [6.45, 7) is -0.0325. The summed E-state index contributed by atoms with van der Waals surface area (Å²) in [6, 6.07) is 2.13. The van der Waals surface area contributed by atoms with Crippen molar-refractivity contribution >= 4 is 11.8 Å². The molecule has 0 atom stereocenters. The number of likely N-dealkylation sites (N-methyl/N-ethyl adjacent to an activating group) is 1. The molecule has 0 saturated heterocycles. The highest BCUT2D eigenvalue weighted by Crippen LogP contribution is 2.35. The van der Waals surface area contributed by atoms with Crippen molar-refractivity contribution in [2.45, 2.75) is 32.1 Å². The summed E-state index contributed by atoms with van der Waals surface area (Å²) in [5.74, 6) is -0.461. The van der Waals surface area contributed by atoms with E-state index in [2.05, 4.69) is 11.4 Å². The monoisotopic (exact) mass is 237 g/mol. The van der Waals surface area contributed by atoms with Crippen molar-refractivity contribution < 1.29 is 9.59 Å². The molecule has 1 N–H and O–H groups in total. The van der Waals surface area contributed by atoms with Gasteiger partial charge in [0.15, 0.2) is 0 Å². The maximum absolute atomic E-state index is 12.0. The number of amides is 2. The quantitative estimate of drug-likeness (QED) is 0.783. The molecule has 1 fully saturated rings. The van der Waals surface area contributed by atoms with Gasteiger partial charge >= 0.3 is 0 Å². The van der Waals surface area contributed by atoms with E-state index in [4.69, 9.17) is 0 Å². The van der Waals surface area contributed by atoms with Crippen LogP contribution in [0.2, 0.25) is 0 Å². The Balaban J connectivity index is 2.56. The number of rotatable bonds is 3. The van der Waals surface area contributed by atoms with Crippen LogP contribution in [0.15, 0.2) is 0 Å². The second kappa shape index (κ2) is 5.67. The topological polar surface area (TPSA) is 73.2 Å². The van der Waals surface area contributed by atoms with Gasteiger partial charge in [-0.15, -0.1) is 0 Å². The normalized spacial score (nSPS) is 17.9. The van der Waals surface area contributed by atoms with Crippen LogP contribution in [-0.2, 0) is 9.59 Å². The van der Waals surface area contributed by atoms with Gasteiger partial charge in [0.05, 0.1) is 12.6 Å². The standard InChI is InChI=1S/C12H19N3O2/c1-15(2)10(16)8-14-11(17)12(9-13)6-4-3-5-7-12/h3-8H2,1-2H3,(H,14,17). The Hall–Kier alpha value is -1.57. The molecule has 0 bridgehead atoms. The second-order valence-electron chi connectivity index (χ2n) is 4.73. The largest absolute Gasteiger partial charge is 0.347 e. The lowest BCUT2D eigenvalue weighted by molar-refractivity contribution is -0.134. The number of nitrogens with zero attached hydrogens (tertiary/aromatic N) is 2. The maximum atomic E-state index is 12.0. The average molecular weight is 237 g/mol. The lowest BCUT2D eigenvalue weighted by Crippen LogP contribution is -2.45. The molecule has 0 aromatic carbocycles. The van der Waals surface area contributed by atoms with E-state index in [0.29, 0.717) is 12.8 Å². The second-order valence-corrected chi connectivity index (χ2v) is 4.73. The number of hydrogen-bond donors (Lipinski definition) is 1. The molecule has 17 heavy (non-hydrogen) atoms. The molecule has 94 valence electrons. The highest BCUT2D eigenvalue weighted by Gasteiger charge is 2.39. The highest BCUT2D eigenvalue weighted by atomic mass is 16.2. The van der Waals surface area contributed by atoms with Gasteiger partial charge in [0.1, 0.15) is 5.41 Å². The smallest absolute Gasteiger partial charge is 0.241 e. The zero-order valence-electron chi connectivity index (χ0n) is 10.5. The Labute approximate surface area is 102 Å². The Kier molecular flexibility index (Phi) is 4.50. The minimum atomic E-state index is -0.912. The molecular weight excluding hydrogens is 218 g/mol. The van der Waals surface area contributed by atoms with Gasteiger partial charge in [0.2, 0.25) is 11.8 Å². The number of carbonyl (C=O) groups excluding carboxylic acids is 2. The van der Waals surface area contributed by atoms with Crippen LogP contribution in [0.4, 0.5) is 0 Å². The van der Waals surface area contributed by atoms with Crippen LogP contribution in [0.25, 0.3) is 0 Å². The maximum Gasteiger partial charge on any atom is 0.241 e. The van der Waals surface area contributed by atoms with Crippen molar-refractivity contribution in [2.24, 2.45) is 5.41 Å². The summed E-state index contributed by atoms with van der Waals surface area (Å²) in [6.07, 6.45) is 4.09. The predicted molar refractivity (Wildman–Crippen MR) is 62.8 cm³/mol. The minimum absolute atomic E-state index is 0.0325. The summed E-state index contributed by atoms with van der Waals surface area (Å²) < 4.78 is 0. The van der Waals surface area contributed by atoms with E-state index in [9.17, 15) is 14.9 Å². The fraction of sp³-hybridized carbons (Fsp3) is 0.750. The van der Waals surface area contributed by atoms with Crippen molar-refractivity contribution in [1.82, 2.24) is 10.2 Å². The highest BCUT2D eigenvalue weighted by molar-refractivity contribution is 5.89. The number of nitriles is 1. The molecule has 0 aliphatic heterocycles. The zero-order chi connectivity index (χ0) is 12.9. The van der Waals surface area contributed by atoms with Crippen LogP contribution < -0.4 is 5.32 Å². The first-order valence-electron chi connectivity index (χ1n) is 5.91. The molecule has 1 aliphatic carbocycles. The van der Waals surface area contributed by atoms with Gasteiger partial charge in [-0.2, -0.15) is 5.26 Å². The molecule has 0 aromatic heterocycles. The summed E-state index contributed by atoms with van der Waals surface area (Å²) in [7, 11) is 3.27. The summed E-state index contributed by atoms with van der Waals surface area (Å²) in [5, 5.41) is 11.8. The van der Waals surface area contributed by atoms with Gasteiger partial charge in [-0.1, -0.05) is 19.3 Å². The van der Waals surface area contributed by atoms with Crippen molar-refractivity contribution in [3.05, 3.63) is 0 Å². The molecule has 2 amide bonds. The predicted octanol–water partition coefficient (Wildman–Crippen LogP) is 0.665. The van der Waals surface area contributed by atoms with Crippen LogP contribution in [0.3, 0.4) is 0 Å². The van der Waals surface area contributed by atoms with Crippen LogP contribution in [-0.4, -0.2) is 37.4 Å². The van der Waals surface area contributed by atoms with Crippen LogP contribution in [0.5, 0.6) is 0 Å². The van der Waals surface area contributed by atoms with Crippen molar-refractivity contribution in [3.63, 3.8) is 0 Å². The first-order valence-corrected chi connectivity index (χ1v) is 5.91. The molecule has 1 aliphatic rings. The van der Waals surface area contributed by atoms with E-state index in [1.165, 1.54) is 4.90 Å².